The Labute approximate surface area is 254 Å². The molecule has 0 unspecified atom stereocenters. The van der Waals surface area contributed by atoms with E-state index in [0.29, 0.717) is 0 Å². The minimum atomic E-state index is 1.17. The third kappa shape index (κ3) is 3.14. The summed E-state index contributed by atoms with van der Waals surface area (Å²) in [6.45, 7) is 0. The van der Waals surface area contributed by atoms with Gasteiger partial charge in [0, 0.05) is 43.6 Å². The minimum absolute atomic E-state index is 1.17. The summed E-state index contributed by atoms with van der Waals surface area (Å²) >= 11 is 0. The van der Waals surface area contributed by atoms with Crippen molar-refractivity contribution in [2.24, 2.45) is 0 Å². The first-order valence-electron chi connectivity index (χ1n) is 15.2. The van der Waals surface area contributed by atoms with Crippen LogP contribution in [0.1, 0.15) is 0 Å². The molecular formula is C42H26N2. The van der Waals surface area contributed by atoms with Crippen molar-refractivity contribution >= 4 is 59.9 Å². The summed E-state index contributed by atoms with van der Waals surface area (Å²) in [6.07, 6.45) is 0. The summed E-state index contributed by atoms with van der Waals surface area (Å²) in [6, 6.07) is 57.6. The fraction of sp³-hybridized carbons (Fsp3) is 0. The van der Waals surface area contributed by atoms with Crippen LogP contribution in [0.2, 0.25) is 0 Å². The van der Waals surface area contributed by atoms with Gasteiger partial charge in [0.1, 0.15) is 0 Å². The second kappa shape index (κ2) is 8.82. The molecule has 0 aliphatic carbocycles. The average Bonchev–Trinajstić information content (AvgIpc) is 3.73. The summed E-state index contributed by atoms with van der Waals surface area (Å²) in [5.41, 5.74) is 12.4. The lowest BCUT2D eigenvalue weighted by Crippen LogP contribution is -1.95. The molecule has 0 aliphatic heterocycles. The molecule has 0 aliphatic rings. The third-order valence-electron chi connectivity index (χ3n) is 9.44. The van der Waals surface area contributed by atoms with Crippen molar-refractivity contribution in [3.63, 3.8) is 0 Å². The Morgan fingerprint density at radius 3 is 1.75 bits per heavy atom. The van der Waals surface area contributed by atoms with Crippen LogP contribution < -0.4 is 0 Å². The largest absolute Gasteiger partial charge is 0.309 e. The molecule has 2 heteroatoms. The highest BCUT2D eigenvalue weighted by Crippen LogP contribution is 2.42. The van der Waals surface area contributed by atoms with Crippen LogP contribution in [-0.2, 0) is 0 Å². The molecule has 10 aromatic rings. The van der Waals surface area contributed by atoms with Gasteiger partial charge in [-0.3, -0.25) is 0 Å². The summed E-state index contributed by atoms with van der Waals surface area (Å²) in [5, 5.41) is 7.77. The smallest absolute Gasteiger partial charge is 0.0620 e. The molecule has 10 rings (SSSR count). The molecule has 44 heavy (non-hydrogen) atoms. The van der Waals surface area contributed by atoms with E-state index in [1.807, 2.05) is 0 Å². The van der Waals surface area contributed by atoms with Crippen LogP contribution in [0.4, 0.5) is 0 Å². The van der Waals surface area contributed by atoms with Gasteiger partial charge in [-0.05, 0) is 53.1 Å². The van der Waals surface area contributed by atoms with Crippen molar-refractivity contribution in [1.29, 1.82) is 0 Å². The molecule has 0 bridgehead atoms. The number of benzene rings is 7. The van der Waals surface area contributed by atoms with Crippen molar-refractivity contribution in [1.82, 2.24) is 8.97 Å². The molecule has 204 valence electrons. The van der Waals surface area contributed by atoms with Crippen LogP contribution in [0.5, 0.6) is 0 Å². The first-order chi connectivity index (χ1) is 21.8. The van der Waals surface area contributed by atoms with E-state index in [0.717, 1.165) is 0 Å². The molecule has 0 saturated carbocycles. The van der Waals surface area contributed by atoms with E-state index in [4.69, 9.17) is 0 Å². The second-order valence-corrected chi connectivity index (χ2v) is 11.8. The molecule has 0 fully saturated rings. The highest BCUT2D eigenvalue weighted by Gasteiger charge is 2.19. The Bertz CT molecular complexity index is 2690. The van der Waals surface area contributed by atoms with Gasteiger partial charge in [0.25, 0.3) is 0 Å². The Hall–Kier alpha value is -5.86. The summed E-state index contributed by atoms with van der Waals surface area (Å²) in [5.74, 6) is 0. The Morgan fingerprint density at radius 2 is 0.932 bits per heavy atom. The minimum Gasteiger partial charge on any atom is -0.309 e. The SMILES string of the molecule is c1ccc(-c2cccc3c4cc(-c5ccc6c7cccc8c9ccccc9n(c6c5)c87)ccc4n(-c4ccccc4)c23)cc1. The maximum Gasteiger partial charge on any atom is 0.0620 e. The molecule has 7 aromatic carbocycles. The number of hydrogen-bond donors (Lipinski definition) is 0. The zero-order chi connectivity index (χ0) is 28.8. The van der Waals surface area contributed by atoms with Crippen LogP contribution >= 0.6 is 0 Å². The fourth-order valence-corrected chi connectivity index (χ4v) is 7.55. The summed E-state index contributed by atoms with van der Waals surface area (Å²) < 4.78 is 4.89. The Morgan fingerprint density at radius 1 is 0.318 bits per heavy atom. The maximum atomic E-state index is 2.46. The summed E-state index contributed by atoms with van der Waals surface area (Å²) in [7, 11) is 0. The second-order valence-electron chi connectivity index (χ2n) is 11.8. The van der Waals surface area contributed by atoms with Gasteiger partial charge < -0.3 is 8.97 Å². The lowest BCUT2D eigenvalue weighted by atomic mass is 9.99. The molecule has 3 aromatic heterocycles. The standard InChI is InChI=1S/C42H26N2/c1-3-11-27(12-4-1)31-16-9-19-36-37-25-28(22-24-39(37)43(41(31)36)30-13-5-2-6-14-30)29-21-23-33-35-18-10-17-34-32-15-7-8-20-38(32)44(42(34)35)40(33)26-29/h1-26H. The van der Waals surface area contributed by atoms with Crippen LogP contribution in [0.3, 0.4) is 0 Å². The predicted octanol–water partition coefficient (Wildman–Crippen LogP) is 11.3. The lowest BCUT2D eigenvalue weighted by molar-refractivity contribution is 1.18. The van der Waals surface area contributed by atoms with Gasteiger partial charge in [-0.2, -0.15) is 0 Å². The molecule has 0 amide bonds. The normalized spacial score (nSPS) is 12.1. The number of nitrogens with zero attached hydrogens (tertiary/aromatic N) is 2. The van der Waals surface area contributed by atoms with Gasteiger partial charge in [0.05, 0.1) is 27.6 Å². The van der Waals surface area contributed by atoms with Crippen molar-refractivity contribution in [3.8, 4) is 27.9 Å². The van der Waals surface area contributed by atoms with Gasteiger partial charge in [0.2, 0.25) is 0 Å². The van der Waals surface area contributed by atoms with Crippen LogP contribution in [0.25, 0.3) is 87.8 Å². The number of aromatic nitrogens is 2. The van der Waals surface area contributed by atoms with E-state index in [2.05, 4.69) is 167 Å². The number of hydrogen-bond acceptors (Lipinski definition) is 0. The van der Waals surface area contributed by atoms with E-state index in [-0.39, 0.29) is 0 Å². The predicted molar refractivity (Wildman–Crippen MR) is 186 cm³/mol. The van der Waals surface area contributed by atoms with E-state index in [9.17, 15) is 0 Å². The van der Waals surface area contributed by atoms with Gasteiger partial charge in [-0.1, -0.05) is 121 Å². The zero-order valence-corrected chi connectivity index (χ0v) is 23.9. The zero-order valence-electron chi connectivity index (χ0n) is 23.9. The monoisotopic (exact) mass is 558 g/mol. The Balaban J connectivity index is 1.26. The fourth-order valence-electron chi connectivity index (χ4n) is 7.55. The molecular weight excluding hydrogens is 532 g/mol. The highest BCUT2D eigenvalue weighted by molar-refractivity contribution is 6.23. The van der Waals surface area contributed by atoms with Crippen LogP contribution in [0, 0.1) is 0 Å². The molecule has 0 atom stereocenters. The van der Waals surface area contributed by atoms with E-state index < -0.39 is 0 Å². The molecule has 3 heterocycles. The Kier molecular flexibility index (Phi) is 4.75. The third-order valence-corrected chi connectivity index (χ3v) is 9.44. The summed E-state index contributed by atoms with van der Waals surface area (Å²) in [4.78, 5) is 0. The average molecular weight is 559 g/mol. The van der Waals surface area contributed by atoms with Gasteiger partial charge in [-0.25, -0.2) is 0 Å². The maximum absolute atomic E-state index is 2.46. The van der Waals surface area contributed by atoms with E-state index in [1.54, 1.807) is 0 Å². The van der Waals surface area contributed by atoms with Gasteiger partial charge in [0.15, 0.2) is 0 Å². The van der Waals surface area contributed by atoms with E-state index in [1.165, 1.54) is 87.8 Å². The van der Waals surface area contributed by atoms with Crippen molar-refractivity contribution in [3.05, 3.63) is 158 Å². The molecule has 0 saturated heterocycles. The quantitative estimate of drug-likeness (QED) is 0.204. The van der Waals surface area contributed by atoms with Crippen molar-refractivity contribution in [2.75, 3.05) is 0 Å². The first-order valence-corrected chi connectivity index (χ1v) is 15.2. The molecule has 0 spiro atoms. The molecule has 0 radical (unpaired) electrons. The number of fused-ring (bicyclic) bond motifs is 9. The number of rotatable bonds is 3. The molecule has 2 nitrogen and oxygen atoms in total. The topological polar surface area (TPSA) is 9.34 Å². The van der Waals surface area contributed by atoms with Gasteiger partial charge in [-0.15, -0.1) is 0 Å². The van der Waals surface area contributed by atoms with Gasteiger partial charge >= 0.3 is 0 Å². The number of para-hydroxylation sites is 4. The first kappa shape index (κ1) is 23.7. The van der Waals surface area contributed by atoms with E-state index >= 15 is 0 Å². The highest BCUT2D eigenvalue weighted by atomic mass is 15.0. The van der Waals surface area contributed by atoms with Crippen molar-refractivity contribution in [2.45, 2.75) is 0 Å². The molecule has 0 N–H and O–H groups in total. The van der Waals surface area contributed by atoms with Crippen LogP contribution in [0.15, 0.2) is 158 Å². The van der Waals surface area contributed by atoms with Crippen molar-refractivity contribution < 1.29 is 0 Å². The van der Waals surface area contributed by atoms with Crippen LogP contribution in [-0.4, -0.2) is 8.97 Å². The lowest BCUT2D eigenvalue weighted by Gasteiger charge is -2.11.